The number of rotatable bonds is 6. The molecule has 5 nitrogen and oxygen atoms in total. The summed E-state index contributed by atoms with van der Waals surface area (Å²) in [5, 5.41) is 0. The van der Waals surface area contributed by atoms with Crippen LogP contribution in [-0.4, -0.2) is 31.4 Å². The molecule has 6 heteroatoms. The molecule has 24 heavy (non-hydrogen) atoms. The Balaban J connectivity index is 1.59. The van der Waals surface area contributed by atoms with Gasteiger partial charge in [0.15, 0.2) is 0 Å². The second-order valence-electron chi connectivity index (χ2n) is 6.32. The topological polar surface area (TPSA) is 62.3 Å². The molecule has 2 aromatic rings. The van der Waals surface area contributed by atoms with Crippen molar-refractivity contribution < 1.29 is 8.42 Å². The molecule has 0 amide bonds. The number of sulfonamides is 1. The van der Waals surface area contributed by atoms with Crippen molar-refractivity contribution in [2.24, 2.45) is 0 Å². The first-order valence-electron chi connectivity index (χ1n) is 8.24. The van der Waals surface area contributed by atoms with Crippen LogP contribution in [0.15, 0.2) is 47.6 Å². The van der Waals surface area contributed by atoms with Gasteiger partial charge in [-0.15, -0.1) is 0 Å². The van der Waals surface area contributed by atoms with Crippen LogP contribution in [0.2, 0.25) is 0 Å². The van der Waals surface area contributed by atoms with E-state index in [2.05, 4.69) is 26.7 Å². The van der Waals surface area contributed by atoms with Gasteiger partial charge in [-0.25, -0.2) is 13.1 Å². The average Bonchev–Trinajstić information content (AvgIpc) is 3.07. The quantitative estimate of drug-likeness (QED) is 0.874. The van der Waals surface area contributed by atoms with Gasteiger partial charge in [-0.05, 0) is 55.6 Å². The lowest BCUT2D eigenvalue weighted by atomic mass is 10.1. The summed E-state index contributed by atoms with van der Waals surface area (Å²) in [5.41, 5.74) is 3.04. The van der Waals surface area contributed by atoms with E-state index in [1.165, 1.54) is 37.7 Å². The standard InChI is InChI=1S/C18H23N3O2S/c1-15-10-18(13-19-11-15)24(22,23)20-12-16-4-6-17(7-5-16)14-21-8-2-3-9-21/h4-7,10-11,13,20H,2-3,8-9,12,14H2,1H3. The summed E-state index contributed by atoms with van der Waals surface area (Å²) in [6, 6.07) is 9.76. The van der Waals surface area contributed by atoms with Crippen molar-refractivity contribution in [3.63, 3.8) is 0 Å². The number of hydrogen-bond acceptors (Lipinski definition) is 4. The Hall–Kier alpha value is -1.76. The van der Waals surface area contributed by atoms with E-state index in [9.17, 15) is 8.42 Å². The SMILES string of the molecule is Cc1cncc(S(=O)(=O)NCc2ccc(CN3CCCC3)cc2)c1. The summed E-state index contributed by atoms with van der Waals surface area (Å²) in [6.45, 7) is 5.42. The lowest BCUT2D eigenvalue weighted by Crippen LogP contribution is -2.23. The lowest BCUT2D eigenvalue weighted by Gasteiger charge is -2.14. The molecular formula is C18H23N3O2S. The van der Waals surface area contributed by atoms with Crippen molar-refractivity contribution in [2.75, 3.05) is 13.1 Å². The van der Waals surface area contributed by atoms with Gasteiger partial charge < -0.3 is 0 Å². The van der Waals surface area contributed by atoms with Crippen LogP contribution in [0.25, 0.3) is 0 Å². The molecule has 1 aromatic carbocycles. The molecule has 2 heterocycles. The molecule has 128 valence electrons. The van der Waals surface area contributed by atoms with Crippen LogP contribution in [-0.2, 0) is 23.1 Å². The first-order chi connectivity index (χ1) is 11.5. The summed E-state index contributed by atoms with van der Waals surface area (Å²) < 4.78 is 27.2. The van der Waals surface area contributed by atoms with Gasteiger partial charge >= 0.3 is 0 Å². The monoisotopic (exact) mass is 345 g/mol. The molecule has 1 aromatic heterocycles. The number of nitrogens with one attached hydrogen (secondary N) is 1. The fourth-order valence-corrected chi connectivity index (χ4v) is 3.96. The van der Waals surface area contributed by atoms with Crippen molar-refractivity contribution in [3.05, 3.63) is 59.4 Å². The molecule has 1 aliphatic rings. The Bertz CT molecular complexity index is 782. The normalized spacial score (nSPS) is 15.7. The Morgan fingerprint density at radius 1 is 1.08 bits per heavy atom. The van der Waals surface area contributed by atoms with Gasteiger partial charge in [-0.3, -0.25) is 9.88 Å². The van der Waals surface area contributed by atoms with E-state index in [4.69, 9.17) is 0 Å². The largest absolute Gasteiger partial charge is 0.299 e. The van der Waals surface area contributed by atoms with Crippen LogP contribution in [0.5, 0.6) is 0 Å². The molecule has 0 unspecified atom stereocenters. The third-order valence-corrected chi connectivity index (χ3v) is 5.62. The summed E-state index contributed by atoms with van der Waals surface area (Å²) in [4.78, 5) is 6.59. The number of aromatic nitrogens is 1. The highest BCUT2D eigenvalue weighted by atomic mass is 32.2. The Labute approximate surface area is 143 Å². The van der Waals surface area contributed by atoms with Gasteiger partial charge in [-0.2, -0.15) is 0 Å². The van der Waals surface area contributed by atoms with Gasteiger partial charge in [0.05, 0.1) is 0 Å². The number of pyridine rings is 1. The minimum Gasteiger partial charge on any atom is -0.299 e. The van der Waals surface area contributed by atoms with E-state index < -0.39 is 10.0 Å². The van der Waals surface area contributed by atoms with E-state index in [0.717, 1.165) is 17.7 Å². The van der Waals surface area contributed by atoms with Crippen LogP contribution in [0.1, 0.15) is 29.5 Å². The predicted molar refractivity (Wildman–Crippen MR) is 94.0 cm³/mol. The highest BCUT2D eigenvalue weighted by Gasteiger charge is 2.14. The van der Waals surface area contributed by atoms with E-state index in [1.54, 1.807) is 12.3 Å². The van der Waals surface area contributed by atoms with E-state index in [1.807, 2.05) is 19.1 Å². The second-order valence-corrected chi connectivity index (χ2v) is 8.09. The van der Waals surface area contributed by atoms with Gasteiger partial charge in [0.2, 0.25) is 10.0 Å². The minimum atomic E-state index is -3.53. The molecule has 1 aliphatic heterocycles. The number of aryl methyl sites for hydroxylation is 1. The first kappa shape index (κ1) is 17.1. The first-order valence-corrected chi connectivity index (χ1v) is 9.73. The maximum atomic E-state index is 12.3. The molecule has 0 atom stereocenters. The molecule has 0 radical (unpaired) electrons. The third kappa shape index (κ3) is 4.41. The van der Waals surface area contributed by atoms with Gasteiger partial charge in [0.25, 0.3) is 0 Å². The van der Waals surface area contributed by atoms with Crippen molar-refractivity contribution in [1.29, 1.82) is 0 Å². The van der Waals surface area contributed by atoms with E-state index in [0.29, 0.717) is 0 Å². The molecule has 0 spiro atoms. The molecule has 0 saturated carbocycles. The van der Waals surface area contributed by atoms with E-state index >= 15 is 0 Å². The summed E-state index contributed by atoms with van der Waals surface area (Å²) in [6.07, 6.45) is 5.58. The van der Waals surface area contributed by atoms with Crippen LogP contribution in [0, 0.1) is 6.92 Å². The van der Waals surface area contributed by atoms with Crippen molar-refractivity contribution in [2.45, 2.75) is 37.8 Å². The fraction of sp³-hybridized carbons (Fsp3) is 0.389. The number of nitrogens with zero attached hydrogens (tertiary/aromatic N) is 2. The smallest absolute Gasteiger partial charge is 0.242 e. The molecule has 0 bridgehead atoms. The summed E-state index contributed by atoms with van der Waals surface area (Å²) in [5.74, 6) is 0. The number of benzene rings is 1. The average molecular weight is 345 g/mol. The summed E-state index contributed by atoms with van der Waals surface area (Å²) in [7, 11) is -3.53. The van der Waals surface area contributed by atoms with Crippen LogP contribution in [0.4, 0.5) is 0 Å². The Morgan fingerprint density at radius 3 is 2.42 bits per heavy atom. The van der Waals surface area contributed by atoms with Gasteiger partial charge in [-0.1, -0.05) is 24.3 Å². The molecular weight excluding hydrogens is 322 g/mol. The van der Waals surface area contributed by atoms with Crippen LogP contribution in [0.3, 0.4) is 0 Å². The Morgan fingerprint density at radius 2 is 1.75 bits per heavy atom. The van der Waals surface area contributed by atoms with Crippen molar-refractivity contribution >= 4 is 10.0 Å². The fourth-order valence-electron chi connectivity index (χ4n) is 2.90. The zero-order valence-corrected chi connectivity index (χ0v) is 14.7. The highest BCUT2D eigenvalue weighted by Crippen LogP contribution is 2.14. The van der Waals surface area contributed by atoms with Crippen molar-refractivity contribution in [1.82, 2.24) is 14.6 Å². The Kier molecular flexibility index (Phi) is 5.28. The predicted octanol–water partition coefficient (Wildman–Crippen LogP) is 2.46. The number of likely N-dealkylation sites (tertiary alicyclic amines) is 1. The minimum absolute atomic E-state index is 0.202. The zero-order chi connectivity index (χ0) is 17.0. The lowest BCUT2D eigenvalue weighted by molar-refractivity contribution is 0.331. The maximum Gasteiger partial charge on any atom is 0.242 e. The van der Waals surface area contributed by atoms with Gasteiger partial charge in [0.1, 0.15) is 4.90 Å². The molecule has 0 aliphatic carbocycles. The number of hydrogen-bond donors (Lipinski definition) is 1. The van der Waals surface area contributed by atoms with E-state index in [-0.39, 0.29) is 11.4 Å². The zero-order valence-electron chi connectivity index (χ0n) is 13.9. The summed E-state index contributed by atoms with van der Waals surface area (Å²) >= 11 is 0. The second kappa shape index (κ2) is 7.42. The molecule has 3 rings (SSSR count). The molecule has 1 fully saturated rings. The highest BCUT2D eigenvalue weighted by molar-refractivity contribution is 7.89. The van der Waals surface area contributed by atoms with Gasteiger partial charge in [0, 0.05) is 25.5 Å². The molecule has 1 saturated heterocycles. The third-order valence-electron chi connectivity index (χ3n) is 4.25. The van der Waals surface area contributed by atoms with Crippen LogP contribution >= 0.6 is 0 Å². The maximum absolute atomic E-state index is 12.3. The molecule has 1 N–H and O–H groups in total. The van der Waals surface area contributed by atoms with Crippen LogP contribution < -0.4 is 4.72 Å². The van der Waals surface area contributed by atoms with Crippen molar-refractivity contribution in [3.8, 4) is 0 Å².